The van der Waals surface area contributed by atoms with Gasteiger partial charge in [-0.2, -0.15) is 0 Å². The smallest absolute Gasteiger partial charge is 0.0964 e. The summed E-state index contributed by atoms with van der Waals surface area (Å²) in [6, 6.07) is 8.47. The predicted molar refractivity (Wildman–Crippen MR) is 63.0 cm³/mol. The zero-order chi connectivity index (χ0) is 10.3. The first-order valence-electron chi connectivity index (χ1n) is 5.26. The van der Waals surface area contributed by atoms with Crippen molar-refractivity contribution in [1.82, 2.24) is 4.98 Å². The van der Waals surface area contributed by atoms with Crippen LogP contribution in [-0.2, 0) is 6.42 Å². The Hall–Kier alpha value is -1.70. The second-order valence-electron chi connectivity index (χ2n) is 3.95. The summed E-state index contributed by atoms with van der Waals surface area (Å²) >= 11 is 0. The minimum atomic E-state index is 1.04. The molecule has 2 heterocycles. The molecule has 74 valence electrons. The minimum absolute atomic E-state index is 1.04. The van der Waals surface area contributed by atoms with E-state index < -0.39 is 0 Å². The summed E-state index contributed by atoms with van der Waals surface area (Å²) in [5, 5.41) is 1.18. The molecule has 0 N–H and O–H groups in total. The molecule has 0 spiro atoms. The molecule has 3 rings (SSSR count). The number of rotatable bonds is 0. The van der Waals surface area contributed by atoms with Crippen molar-refractivity contribution >= 4 is 22.8 Å². The molecular weight excluding hydrogens is 184 g/mol. The fourth-order valence-electron chi connectivity index (χ4n) is 2.03. The normalized spacial score (nSPS) is 14.2. The molecule has 0 radical (unpaired) electrons. The molecule has 0 atom stereocenters. The maximum absolute atomic E-state index is 4.58. The van der Waals surface area contributed by atoms with Crippen LogP contribution < -0.4 is 0 Å². The highest BCUT2D eigenvalue weighted by Gasteiger charge is 2.10. The van der Waals surface area contributed by atoms with Gasteiger partial charge in [0.25, 0.3) is 0 Å². The Morgan fingerprint density at radius 1 is 1.13 bits per heavy atom. The van der Waals surface area contributed by atoms with E-state index in [1.54, 1.807) is 0 Å². The van der Waals surface area contributed by atoms with Gasteiger partial charge in [0.15, 0.2) is 0 Å². The summed E-state index contributed by atoms with van der Waals surface area (Å²) < 4.78 is 0. The largest absolute Gasteiger partial charge is 0.259 e. The quantitative estimate of drug-likeness (QED) is 0.635. The van der Waals surface area contributed by atoms with Crippen molar-refractivity contribution in [2.75, 3.05) is 0 Å². The summed E-state index contributed by atoms with van der Waals surface area (Å²) in [7, 11) is 0. The van der Waals surface area contributed by atoms with Gasteiger partial charge in [0, 0.05) is 17.3 Å². The number of aliphatic imine (C=N–C) groups is 1. The van der Waals surface area contributed by atoms with Gasteiger partial charge in [0.1, 0.15) is 0 Å². The molecule has 0 unspecified atom stereocenters. The summed E-state index contributed by atoms with van der Waals surface area (Å²) in [5.74, 6) is 0. The lowest BCUT2D eigenvalue weighted by atomic mass is 10.0. The fourth-order valence-corrected chi connectivity index (χ4v) is 2.03. The van der Waals surface area contributed by atoms with Gasteiger partial charge >= 0.3 is 0 Å². The summed E-state index contributed by atoms with van der Waals surface area (Å²) in [6.45, 7) is 2.02. The first-order chi connectivity index (χ1) is 7.34. The monoisotopic (exact) mass is 196 g/mol. The number of aryl methyl sites for hydroxylation is 2. The number of fused-ring (bicyclic) bond motifs is 3. The van der Waals surface area contributed by atoms with E-state index in [4.69, 9.17) is 0 Å². The highest BCUT2D eigenvalue weighted by molar-refractivity contribution is 5.93. The van der Waals surface area contributed by atoms with Crippen molar-refractivity contribution in [1.29, 1.82) is 0 Å². The van der Waals surface area contributed by atoms with Crippen molar-refractivity contribution in [3.05, 3.63) is 35.5 Å². The van der Waals surface area contributed by atoms with Crippen LogP contribution in [0.5, 0.6) is 0 Å². The first-order valence-corrected chi connectivity index (χ1v) is 5.26. The van der Waals surface area contributed by atoms with Crippen molar-refractivity contribution in [2.45, 2.75) is 19.8 Å². The van der Waals surface area contributed by atoms with Crippen molar-refractivity contribution < 1.29 is 0 Å². The highest BCUT2D eigenvalue weighted by atomic mass is 14.8. The Bertz CT molecular complexity index is 556. The first kappa shape index (κ1) is 8.60. The molecule has 15 heavy (non-hydrogen) atoms. The lowest BCUT2D eigenvalue weighted by molar-refractivity contribution is 1.03. The number of nitrogens with zero attached hydrogens (tertiary/aromatic N) is 2. The van der Waals surface area contributed by atoms with Crippen LogP contribution in [0.3, 0.4) is 0 Å². The van der Waals surface area contributed by atoms with E-state index in [0.717, 1.165) is 29.7 Å². The van der Waals surface area contributed by atoms with E-state index in [0.29, 0.717) is 0 Å². The number of aromatic nitrogens is 1. The van der Waals surface area contributed by atoms with Gasteiger partial charge in [-0.1, -0.05) is 18.2 Å². The van der Waals surface area contributed by atoms with Gasteiger partial charge in [0.05, 0.1) is 11.2 Å². The average molecular weight is 196 g/mol. The number of benzene rings is 1. The van der Waals surface area contributed by atoms with Crippen molar-refractivity contribution in [3.63, 3.8) is 0 Å². The van der Waals surface area contributed by atoms with Crippen LogP contribution in [0.1, 0.15) is 17.7 Å². The molecule has 1 aromatic heterocycles. The second-order valence-corrected chi connectivity index (χ2v) is 3.95. The average Bonchev–Trinajstić information content (AvgIpc) is 2.29. The van der Waals surface area contributed by atoms with Gasteiger partial charge in [-0.25, -0.2) is 0 Å². The summed E-state index contributed by atoms with van der Waals surface area (Å²) in [5.41, 5.74) is 4.49. The zero-order valence-electron chi connectivity index (χ0n) is 8.70. The van der Waals surface area contributed by atoms with Gasteiger partial charge < -0.3 is 0 Å². The van der Waals surface area contributed by atoms with Gasteiger partial charge in [-0.05, 0) is 31.4 Å². The summed E-state index contributed by atoms with van der Waals surface area (Å²) in [6.07, 6.45) is 4.13. The van der Waals surface area contributed by atoms with Crippen LogP contribution in [0.25, 0.3) is 10.9 Å². The van der Waals surface area contributed by atoms with Crippen LogP contribution in [0, 0.1) is 6.92 Å². The van der Waals surface area contributed by atoms with Gasteiger partial charge in [0.2, 0.25) is 0 Å². The number of hydrogen-bond donors (Lipinski definition) is 0. The molecule has 0 aliphatic carbocycles. The van der Waals surface area contributed by atoms with Crippen LogP contribution in [0.15, 0.2) is 29.3 Å². The fraction of sp³-hybridized carbons (Fsp3) is 0.231. The van der Waals surface area contributed by atoms with Crippen LogP contribution in [0.2, 0.25) is 0 Å². The molecule has 0 bridgehead atoms. The Morgan fingerprint density at radius 3 is 2.93 bits per heavy atom. The molecule has 2 nitrogen and oxygen atoms in total. The SMILES string of the molecule is Cc1ccc2ccc3c(c2n1)N=CCC3. The molecule has 2 heteroatoms. The van der Waals surface area contributed by atoms with Crippen LogP contribution >= 0.6 is 0 Å². The van der Waals surface area contributed by atoms with E-state index in [2.05, 4.69) is 28.2 Å². The van der Waals surface area contributed by atoms with Crippen molar-refractivity contribution in [3.8, 4) is 0 Å². The molecular formula is C13H12N2. The van der Waals surface area contributed by atoms with Crippen LogP contribution in [0.4, 0.5) is 5.69 Å². The maximum atomic E-state index is 4.58. The third-order valence-electron chi connectivity index (χ3n) is 2.82. The number of pyridine rings is 1. The molecule has 0 fully saturated rings. The van der Waals surface area contributed by atoms with Crippen LogP contribution in [-0.4, -0.2) is 11.2 Å². The van der Waals surface area contributed by atoms with E-state index in [1.165, 1.54) is 10.9 Å². The van der Waals surface area contributed by atoms with E-state index in [9.17, 15) is 0 Å². The third kappa shape index (κ3) is 1.33. The molecule has 1 aliphatic heterocycles. The molecule has 0 saturated heterocycles. The van der Waals surface area contributed by atoms with E-state index >= 15 is 0 Å². The van der Waals surface area contributed by atoms with E-state index in [-0.39, 0.29) is 0 Å². The lowest BCUT2D eigenvalue weighted by Gasteiger charge is -2.11. The Balaban J connectivity index is 2.41. The second kappa shape index (κ2) is 3.16. The molecule has 0 saturated carbocycles. The Labute approximate surface area is 88.7 Å². The highest BCUT2D eigenvalue weighted by Crippen LogP contribution is 2.31. The molecule has 2 aromatic rings. The zero-order valence-corrected chi connectivity index (χ0v) is 8.70. The molecule has 1 aliphatic rings. The van der Waals surface area contributed by atoms with Gasteiger partial charge in [-0.15, -0.1) is 0 Å². The Morgan fingerprint density at radius 2 is 2.00 bits per heavy atom. The minimum Gasteiger partial charge on any atom is -0.259 e. The Kier molecular flexibility index (Phi) is 1.81. The predicted octanol–water partition coefficient (Wildman–Crippen LogP) is 3.19. The van der Waals surface area contributed by atoms with Crippen molar-refractivity contribution in [2.24, 2.45) is 4.99 Å². The lowest BCUT2D eigenvalue weighted by Crippen LogP contribution is -1.95. The van der Waals surface area contributed by atoms with Gasteiger partial charge in [-0.3, -0.25) is 9.98 Å². The van der Waals surface area contributed by atoms with E-state index in [1.807, 2.05) is 19.2 Å². The topological polar surface area (TPSA) is 25.2 Å². The maximum Gasteiger partial charge on any atom is 0.0964 e. The standard InChI is InChI=1S/C13H12N2/c1-9-4-5-11-7-6-10-3-2-8-14-12(10)13(11)15-9/h4-8H,2-3H2,1H3. The summed E-state index contributed by atoms with van der Waals surface area (Å²) in [4.78, 5) is 9.05. The molecule has 0 amide bonds. The third-order valence-corrected chi connectivity index (χ3v) is 2.82. The molecule has 1 aromatic carbocycles. The number of hydrogen-bond acceptors (Lipinski definition) is 2.